The monoisotopic (exact) mass is 441 g/mol. The Morgan fingerprint density at radius 2 is 1.59 bits per heavy atom. The lowest BCUT2D eigenvalue weighted by Gasteiger charge is -2.20. The van der Waals surface area contributed by atoms with Crippen molar-refractivity contribution in [1.29, 1.82) is 0 Å². The van der Waals surface area contributed by atoms with E-state index >= 15 is 0 Å². The van der Waals surface area contributed by atoms with Crippen LogP contribution in [-0.4, -0.2) is 30.9 Å². The average Bonchev–Trinajstić information content (AvgIpc) is 2.78. The van der Waals surface area contributed by atoms with Crippen molar-refractivity contribution in [1.82, 2.24) is 4.90 Å². The number of alkyl halides is 3. The van der Waals surface area contributed by atoms with Gasteiger partial charge in [0.25, 0.3) is 5.91 Å². The summed E-state index contributed by atoms with van der Waals surface area (Å²) in [6.45, 7) is 0.343. The van der Waals surface area contributed by atoms with Gasteiger partial charge in [-0.25, -0.2) is 0 Å². The predicted octanol–water partition coefficient (Wildman–Crippen LogP) is 5.36. The number of methoxy groups -OCH3 is 1. The second-order valence-corrected chi connectivity index (χ2v) is 7.31. The molecular weight excluding hydrogens is 419 g/mol. The highest BCUT2D eigenvalue weighted by atomic mass is 19.4. The minimum Gasteiger partial charge on any atom is -0.469 e. The first-order valence-electron chi connectivity index (χ1n) is 9.86. The quantitative estimate of drug-likeness (QED) is 0.484. The van der Waals surface area contributed by atoms with Crippen LogP contribution in [0.2, 0.25) is 0 Å². The molecule has 3 rings (SSSR count). The maximum atomic E-state index is 13.5. The van der Waals surface area contributed by atoms with E-state index in [9.17, 15) is 22.8 Å². The summed E-state index contributed by atoms with van der Waals surface area (Å²) in [5, 5.41) is 0. The van der Waals surface area contributed by atoms with E-state index in [2.05, 4.69) is 0 Å². The summed E-state index contributed by atoms with van der Waals surface area (Å²) in [6.07, 6.45) is -4.78. The fourth-order valence-corrected chi connectivity index (χ4v) is 3.46. The van der Waals surface area contributed by atoms with E-state index in [0.717, 1.165) is 11.6 Å². The number of amides is 1. The van der Waals surface area contributed by atoms with Crippen molar-refractivity contribution in [2.75, 3.05) is 14.2 Å². The van der Waals surface area contributed by atoms with Crippen molar-refractivity contribution in [3.63, 3.8) is 0 Å². The molecule has 4 nitrogen and oxygen atoms in total. The van der Waals surface area contributed by atoms with Gasteiger partial charge in [-0.15, -0.1) is 0 Å². The van der Waals surface area contributed by atoms with Crippen molar-refractivity contribution in [3.05, 3.63) is 95.1 Å². The predicted molar refractivity (Wildman–Crippen MR) is 115 cm³/mol. The molecule has 0 bridgehead atoms. The molecular formula is C25H22F3NO3. The molecule has 0 heterocycles. The van der Waals surface area contributed by atoms with Crippen molar-refractivity contribution in [3.8, 4) is 11.1 Å². The summed E-state index contributed by atoms with van der Waals surface area (Å²) in [7, 11) is 2.85. The molecule has 1 amide bonds. The van der Waals surface area contributed by atoms with Crippen molar-refractivity contribution < 1.29 is 27.5 Å². The molecule has 0 fully saturated rings. The number of carbonyl (C=O) groups is 2. The van der Waals surface area contributed by atoms with Crippen LogP contribution >= 0.6 is 0 Å². The first kappa shape index (κ1) is 23.1. The zero-order valence-corrected chi connectivity index (χ0v) is 17.6. The lowest BCUT2D eigenvalue weighted by Crippen LogP contribution is -2.27. The van der Waals surface area contributed by atoms with Gasteiger partial charge in [-0.1, -0.05) is 54.6 Å². The Labute approximate surface area is 184 Å². The Balaban J connectivity index is 2.01. The molecule has 0 N–H and O–H groups in total. The minimum atomic E-state index is -4.54. The van der Waals surface area contributed by atoms with Crippen LogP contribution in [-0.2, 0) is 28.7 Å². The number of esters is 1. The van der Waals surface area contributed by atoms with Crippen molar-refractivity contribution >= 4 is 11.9 Å². The molecule has 0 aliphatic carbocycles. The molecule has 0 radical (unpaired) electrons. The van der Waals surface area contributed by atoms with Crippen LogP contribution in [0.1, 0.15) is 27.0 Å². The SMILES string of the molecule is COC(=O)Cc1cc(-c2ccccc2C(F)(F)F)ccc1C(=O)N(C)Cc1ccccc1. The van der Waals surface area contributed by atoms with Gasteiger partial charge in [0.1, 0.15) is 0 Å². The molecule has 166 valence electrons. The third-order valence-electron chi connectivity index (χ3n) is 5.05. The Morgan fingerprint density at radius 1 is 0.938 bits per heavy atom. The molecule has 0 aromatic heterocycles. The Morgan fingerprint density at radius 3 is 2.25 bits per heavy atom. The van der Waals surface area contributed by atoms with Gasteiger partial charge in [0.15, 0.2) is 0 Å². The summed E-state index contributed by atoms with van der Waals surface area (Å²) in [5.41, 5.74) is 0.915. The van der Waals surface area contributed by atoms with E-state index in [4.69, 9.17) is 4.74 Å². The molecule has 0 saturated carbocycles. The zero-order valence-electron chi connectivity index (χ0n) is 17.6. The van der Waals surface area contributed by atoms with E-state index in [1.807, 2.05) is 30.3 Å². The normalized spacial score (nSPS) is 11.2. The first-order valence-corrected chi connectivity index (χ1v) is 9.86. The molecule has 0 aliphatic heterocycles. The van der Waals surface area contributed by atoms with Crippen LogP contribution < -0.4 is 0 Å². The number of rotatable bonds is 6. The third kappa shape index (κ3) is 5.35. The van der Waals surface area contributed by atoms with Gasteiger partial charge in [-0.05, 0) is 40.5 Å². The fourth-order valence-electron chi connectivity index (χ4n) is 3.46. The van der Waals surface area contributed by atoms with Crippen LogP contribution in [0.15, 0.2) is 72.8 Å². The smallest absolute Gasteiger partial charge is 0.417 e. The van der Waals surface area contributed by atoms with Gasteiger partial charge in [-0.3, -0.25) is 9.59 Å². The number of ether oxygens (including phenoxy) is 1. The molecule has 32 heavy (non-hydrogen) atoms. The molecule has 0 unspecified atom stereocenters. The fraction of sp³-hybridized carbons (Fsp3) is 0.200. The van der Waals surface area contributed by atoms with Crippen LogP contribution in [0.3, 0.4) is 0 Å². The number of benzene rings is 3. The highest BCUT2D eigenvalue weighted by Gasteiger charge is 2.33. The second-order valence-electron chi connectivity index (χ2n) is 7.31. The number of halogens is 3. The van der Waals surface area contributed by atoms with Gasteiger partial charge in [0.05, 0.1) is 19.1 Å². The van der Waals surface area contributed by atoms with Crippen molar-refractivity contribution in [2.45, 2.75) is 19.1 Å². The van der Waals surface area contributed by atoms with Crippen LogP contribution in [0, 0.1) is 0 Å². The molecule has 0 spiro atoms. The average molecular weight is 441 g/mol. The van der Waals surface area contributed by atoms with E-state index in [-0.39, 0.29) is 29.0 Å². The standard InChI is InChI=1S/C25H22F3NO3/c1-29(16-17-8-4-3-5-9-17)24(31)21-13-12-18(14-19(21)15-23(30)32-2)20-10-6-7-11-22(20)25(26,27)28/h3-14H,15-16H2,1-2H3. The van der Waals surface area contributed by atoms with Crippen LogP contribution in [0.4, 0.5) is 13.2 Å². The first-order chi connectivity index (χ1) is 15.2. The highest BCUT2D eigenvalue weighted by molar-refractivity contribution is 5.97. The van der Waals surface area contributed by atoms with Crippen molar-refractivity contribution in [2.24, 2.45) is 0 Å². The van der Waals surface area contributed by atoms with Gasteiger partial charge in [-0.2, -0.15) is 13.2 Å². The molecule has 0 atom stereocenters. The van der Waals surface area contributed by atoms with E-state index in [0.29, 0.717) is 12.1 Å². The largest absolute Gasteiger partial charge is 0.469 e. The Kier molecular flexibility index (Phi) is 6.98. The zero-order chi connectivity index (χ0) is 23.3. The number of hydrogen-bond acceptors (Lipinski definition) is 3. The molecule has 3 aromatic carbocycles. The summed E-state index contributed by atoms with van der Waals surface area (Å²) < 4.78 is 45.2. The number of carbonyl (C=O) groups excluding carboxylic acids is 2. The van der Waals surface area contributed by atoms with Crippen LogP contribution in [0.5, 0.6) is 0 Å². The second kappa shape index (κ2) is 9.68. The summed E-state index contributed by atoms with van der Waals surface area (Å²) >= 11 is 0. The maximum Gasteiger partial charge on any atom is 0.417 e. The molecule has 3 aromatic rings. The molecule has 0 aliphatic rings. The molecule has 0 saturated heterocycles. The topological polar surface area (TPSA) is 46.6 Å². The number of nitrogens with zero attached hydrogens (tertiary/aromatic N) is 1. The third-order valence-corrected chi connectivity index (χ3v) is 5.05. The summed E-state index contributed by atoms with van der Waals surface area (Å²) in [5.74, 6) is -0.936. The Bertz CT molecular complexity index is 1110. The van der Waals surface area contributed by atoms with E-state index in [1.54, 1.807) is 7.05 Å². The maximum absolute atomic E-state index is 13.5. The Hall–Kier alpha value is -3.61. The van der Waals surface area contributed by atoms with Gasteiger partial charge in [0.2, 0.25) is 0 Å². The lowest BCUT2D eigenvalue weighted by molar-refractivity contribution is -0.140. The van der Waals surface area contributed by atoms with E-state index in [1.165, 1.54) is 48.4 Å². The van der Waals surface area contributed by atoms with Gasteiger partial charge >= 0.3 is 12.1 Å². The minimum absolute atomic E-state index is 0.0252. The summed E-state index contributed by atoms with van der Waals surface area (Å²) in [6, 6.07) is 18.9. The lowest BCUT2D eigenvalue weighted by atomic mass is 9.94. The van der Waals surface area contributed by atoms with Crippen LogP contribution in [0.25, 0.3) is 11.1 Å². The number of hydrogen-bond donors (Lipinski definition) is 0. The van der Waals surface area contributed by atoms with E-state index < -0.39 is 17.7 Å². The highest BCUT2D eigenvalue weighted by Crippen LogP contribution is 2.37. The summed E-state index contributed by atoms with van der Waals surface area (Å²) in [4.78, 5) is 26.6. The van der Waals surface area contributed by atoms with Gasteiger partial charge in [0, 0.05) is 19.2 Å². The molecule has 7 heteroatoms. The van der Waals surface area contributed by atoms with Gasteiger partial charge < -0.3 is 9.64 Å².